The van der Waals surface area contributed by atoms with Gasteiger partial charge in [0, 0.05) is 13.1 Å². The SMILES string of the molecule is O=C(NCCCCCCNC(=O)C(F)(F)C(F)F)C(F)(F)C(F)F. The lowest BCUT2D eigenvalue weighted by atomic mass is 10.2. The van der Waals surface area contributed by atoms with Crippen molar-refractivity contribution < 1.29 is 44.7 Å². The number of amides is 2. The maximum Gasteiger partial charge on any atom is 0.383 e. The Morgan fingerprint density at radius 3 is 1.21 bits per heavy atom. The fourth-order valence-electron chi connectivity index (χ4n) is 1.44. The van der Waals surface area contributed by atoms with Crippen molar-refractivity contribution >= 4 is 11.8 Å². The minimum absolute atomic E-state index is 0.145. The monoisotopic (exact) mass is 372 g/mol. The van der Waals surface area contributed by atoms with E-state index in [0.29, 0.717) is 12.8 Å². The molecule has 0 unspecified atom stereocenters. The van der Waals surface area contributed by atoms with Gasteiger partial charge in [0.25, 0.3) is 11.8 Å². The molecule has 0 spiro atoms. The molecule has 0 fully saturated rings. The molecule has 0 rings (SSSR count). The summed E-state index contributed by atoms with van der Waals surface area (Å²) >= 11 is 0. The van der Waals surface area contributed by atoms with Crippen molar-refractivity contribution in [2.24, 2.45) is 0 Å². The Kier molecular flexibility index (Phi) is 8.97. The van der Waals surface area contributed by atoms with Crippen molar-refractivity contribution in [3.63, 3.8) is 0 Å². The summed E-state index contributed by atoms with van der Waals surface area (Å²) in [4.78, 5) is 21.5. The van der Waals surface area contributed by atoms with Crippen LogP contribution < -0.4 is 10.6 Å². The first kappa shape index (κ1) is 22.4. The Hall–Kier alpha value is -1.62. The van der Waals surface area contributed by atoms with Gasteiger partial charge < -0.3 is 10.6 Å². The lowest BCUT2D eigenvalue weighted by Crippen LogP contribution is -2.45. The molecule has 142 valence electrons. The summed E-state index contributed by atoms with van der Waals surface area (Å²) in [6.45, 7) is -0.589. The molecule has 0 saturated heterocycles. The van der Waals surface area contributed by atoms with Crippen molar-refractivity contribution in [2.75, 3.05) is 13.1 Å². The van der Waals surface area contributed by atoms with E-state index in [2.05, 4.69) is 0 Å². The highest BCUT2D eigenvalue weighted by molar-refractivity contribution is 5.84. The molecule has 0 aliphatic rings. The number of halogens is 8. The van der Waals surface area contributed by atoms with Crippen molar-refractivity contribution in [1.82, 2.24) is 10.6 Å². The van der Waals surface area contributed by atoms with E-state index in [1.807, 2.05) is 0 Å². The molecule has 0 aromatic rings. The minimum atomic E-state index is -4.78. The second-order valence-electron chi connectivity index (χ2n) is 4.77. The lowest BCUT2D eigenvalue weighted by molar-refractivity contribution is -0.169. The van der Waals surface area contributed by atoms with Crippen LogP contribution in [-0.4, -0.2) is 49.6 Å². The summed E-state index contributed by atoms with van der Waals surface area (Å²) in [7, 11) is 0. The van der Waals surface area contributed by atoms with Crippen LogP contribution in [0.5, 0.6) is 0 Å². The molecule has 4 nitrogen and oxygen atoms in total. The molecule has 0 aliphatic carbocycles. The second-order valence-corrected chi connectivity index (χ2v) is 4.77. The fourth-order valence-corrected chi connectivity index (χ4v) is 1.44. The van der Waals surface area contributed by atoms with E-state index in [1.54, 1.807) is 10.6 Å². The van der Waals surface area contributed by atoms with Crippen LogP contribution in [0.15, 0.2) is 0 Å². The first-order valence-electron chi connectivity index (χ1n) is 6.82. The number of carbonyl (C=O) groups is 2. The van der Waals surface area contributed by atoms with Crippen LogP contribution in [0.3, 0.4) is 0 Å². The molecule has 2 amide bonds. The van der Waals surface area contributed by atoms with Crippen molar-refractivity contribution in [3.8, 4) is 0 Å². The lowest BCUT2D eigenvalue weighted by Gasteiger charge is -2.15. The van der Waals surface area contributed by atoms with Gasteiger partial charge in [0.1, 0.15) is 0 Å². The van der Waals surface area contributed by atoms with Gasteiger partial charge in [-0.05, 0) is 12.8 Å². The first-order chi connectivity index (χ1) is 10.9. The van der Waals surface area contributed by atoms with Crippen LogP contribution in [0.4, 0.5) is 35.1 Å². The van der Waals surface area contributed by atoms with E-state index >= 15 is 0 Å². The Balaban J connectivity index is 3.76. The topological polar surface area (TPSA) is 58.2 Å². The standard InChI is InChI=1S/C12H16F8N2O2/c13-7(14)11(17,18)9(23)21-5-3-1-2-4-6-22-10(24)12(19,20)8(15)16/h7-8H,1-6H2,(H,21,23)(H,22,24). The van der Waals surface area contributed by atoms with Crippen LogP contribution in [0.2, 0.25) is 0 Å². The summed E-state index contributed by atoms with van der Waals surface area (Å²) in [5.74, 6) is -13.8. The van der Waals surface area contributed by atoms with E-state index in [4.69, 9.17) is 0 Å². The minimum Gasteiger partial charge on any atom is -0.351 e. The largest absolute Gasteiger partial charge is 0.383 e. The Morgan fingerprint density at radius 1 is 0.667 bits per heavy atom. The second kappa shape index (κ2) is 9.62. The van der Waals surface area contributed by atoms with Gasteiger partial charge in [0.15, 0.2) is 0 Å². The zero-order valence-electron chi connectivity index (χ0n) is 12.2. The summed E-state index contributed by atoms with van der Waals surface area (Å²) in [6, 6.07) is 0. The molecule has 0 aromatic heterocycles. The number of alkyl halides is 8. The van der Waals surface area contributed by atoms with Gasteiger partial charge in [0.05, 0.1) is 0 Å². The molecular weight excluding hydrogens is 356 g/mol. The maximum absolute atomic E-state index is 12.5. The summed E-state index contributed by atoms with van der Waals surface area (Å²) in [5, 5.41) is 3.25. The summed E-state index contributed by atoms with van der Waals surface area (Å²) in [6.07, 6.45) is -7.33. The molecule has 12 heteroatoms. The van der Waals surface area contributed by atoms with Crippen LogP contribution in [0.1, 0.15) is 25.7 Å². The predicted molar refractivity (Wildman–Crippen MR) is 66.4 cm³/mol. The number of unbranched alkanes of at least 4 members (excludes halogenated alkanes) is 3. The number of nitrogens with one attached hydrogen (secondary N) is 2. The molecule has 0 heterocycles. The Bertz CT molecular complexity index is 380. The quantitative estimate of drug-likeness (QED) is 0.433. The molecule has 2 N–H and O–H groups in total. The molecule has 0 saturated carbocycles. The van der Waals surface area contributed by atoms with Crippen LogP contribution >= 0.6 is 0 Å². The van der Waals surface area contributed by atoms with Gasteiger partial charge in [-0.2, -0.15) is 17.6 Å². The molecule has 0 atom stereocenters. The third kappa shape index (κ3) is 6.87. The van der Waals surface area contributed by atoms with Crippen molar-refractivity contribution in [2.45, 2.75) is 50.4 Å². The molecule has 0 aliphatic heterocycles. The maximum atomic E-state index is 12.5. The van der Waals surface area contributed by atoms with Crippen LogP contribution in [-0.2, 0) is 9.59 Å². The van der Waals surface area contributed by atoms with Crippen molar-refractivity contribution in [1.29, 1.82) is 0 Å². The summed E-state index contributed by atoms with van der Waals surface area (Å²) < 4.78 is 97.4. The zero-order chi connectivity index (χ0) is 19.0. The first-order valence-corrected chi connectivity index (χ1v) is 6.82. The average molecular weight is 372 g/mol. The number of carbonyl (C=O) groups excluding carboxylic acids is 2. The van der Waals surface area contributed by atoms with Crippen LogP contribution in [0.25, 0.3) is 0 Å². The summed E-state index contributed by atoms with van der Waals surface area (Å²) in [5.41, 5.74) is 0. The normalized spacial score (nSPS) is 12.6. The van der Waals surface area contributed by atoms with Crippen molar-refractivity contribution in [3.05, 3.63) is 0 Å². The smallest absolute Gasteiger partial charge is 0.351 e. The highest BCUT2D eigenvalue weighted by Crippen LogP contribution is 2.23. The van der Waals surface area contributed by atoms with Gasteiger partial charge in [0.2, 0.25) is 0 Å². The van der Waals surface area contributed by atoms with E-state index in [1.165, 1.54) is 0 Å². The highest BCUT2D eigenvalue weighted by atomic mass is 19.3. The molecular formula is C12H16F8N2O2. The zero-order valence-corrected chi connectivity index (χ0v) is 12.2. The van der Waals surface area contributed by atoms with E-state index in [0.717, 1.165) is 0 Å². The Labute approximate surface area is 132 Å². The predicted octanol–water partition coefficient (Wildman–Crippen LogP) is 2.58. The van der Waals surface area contributed by atoms with Crippen LogP contribution in [0, 0.1) is 0 Å². The third-order valence-corrected chi connectivity index (χ3v) is 2.83. The van der Waals surface area contributed by atoms with Gasteiger partial charge in [-0.15, -0.1) is 0 Å². The number of hydrogen-bond donors (Lipinski definition) is 2. The molecule has 0 bridgehead atoms. The third-order valence-electron chi connectivity index (χ3n) is 2.83. The molecule has 24 heavy (non-hydrogen) atoms. The van der Waals surface area contributed by atoms with Gasteiger partial charge in [-0.3, -0.25) is 9.59 Å². The number of hydrogen-bond acceptors (Lipinski definition) is 2. The van der Waals surface area contributed by atoms with Gasteiger partial charge in [-0.25, -0.2) is 17.6 Å². The molecule has 0 aromatic carbocycles. The Morgan fingerprint density at radius 2 is 0.958 bits per heavy atom. The van der Waals surface area contributed by atoms with E-state index < -0.39 is 36.5 Å². The molecule has 0 radical (unpaired) electrons. The average Bonchev–Trinajstić information content (AvgIpc) is 2.48. The van der Waals surface area contributed by atoms with E-state index in [9.17, 15) is 44.7 Å². The van der Waals surface area contributed by atoms with E-state index in [-0.39, 0.29) is 25.9 Å². The highest BCUT2D eigenvalue weighted by Gasteiger charge is 2.49. The fraction of sp³-hybridized carbons (Fsp3) is 0.833. The van der Waals surface area contributed by atoms with Gasteiger partial charge >= 0.3 is 24.7 Å². The number of rotatable bonds is 11. The van der Waals surface area contributed by atoms with Gasteiger partial charge in [-0.1, -0.05) is 12.8 Å².